The van der Waals surface area contributed by atoms with Gasteiger partial charge >= 0.3 is 0 Å². The van der Waals surface area contributed by atoms with Crippen molar-refractivity contribution in [2.45, 2.75) is 6.54 Å². The number of carbonyl (C=O) groups is 1. The van der Waals surface area contributed by atoms with E-state index in [4.69, 9.17) is 11.5 Å². The molecular weight excluding hydrogens is 278 g/mol. The number of aromatic amines is 1. The first-order chi connectivity index (χ1) is 10.7. The van der Waals surface area contributed by atoms with Gasteiger partial charge in [0.1, 0.15) is 12.1 Å². The number of anilines is 1. The number of H-pyrrole nitrogens is 1. The number of benzene rings is 1. The van der Waals surface area contributed by atoms with Crippen molar-refractivity contribution in [2.75, 3.05) is 5.73 Å². The molecule has 0 fully saturated rings. The summed E-state index contributed by atoms with van der Waals surface area (Å²) >= 11 is 0. The van der Waals surface area contributed by atoms with E-state index in [9.17, 15) is 4.79 Å². The molecule has 3 rings (SSSR count). The third-order valence-corrected chi connectivity index (χ3v) is 3.49. The Hall–Kier alpha value is -2.99. The number of pyridine rings is 1. The summed E-state index contributed by atoms with van der Waals surface area (Å²) in [4.78, 5) is 22.2. The molecule has 0 spiro atoms. The predicted molar refractivity (Wildman–Crippen MR) is 84.9 cm³/mol. The zero-order valence-corrected chi connectivity index (χ0v) is 11.8. The molecule has 2 heterocycles. The highest BCUT2D eigenvalue weighted by molar-refractivity contribution is 5.78. The Morgan fingerprint density at radius 3 is 2.59 bits per heavy atom. The summed E-state index contributed by atoms with van der Waals surface area (Å²) in [6, 6.07) is 9.08. The van der Waals surface area contributed by atoms with Gasteiger partial charge in [-0.2, -0.15) is 0 Å². The maximum absolute atomic E-state index is 10.7. The molecule has 0 atom stereocenters. The number of imidazole rings is 1. The third kappa shape index (κ3) is 2.47. The third-order valence-electron chi connectivity index (χ3n) is 3.49. The number of hydrogen-bond acceptors (Lipinski definition) is 5. The van der Waals surface area contributed by atoms with Gasteiger partial charge in [-0.1, -0.05) is 24.3 Å². The van der Waals surface area contributed by atoms with Gasteiger partial charge in [0.05, 0.1) is 23.9 Å². The van der Waals surface area contributed by atoms with Gasteiger partial charge in [0.2, 0.25) is 0 Å². The first-order valence-electron chi connectivity index (χ1n) is 6.76. The lowest BCUT2D eigenvalue weighted by Crippen LogP contribution is -2.07. The van der Waals surface area contributed by atoms with Gasteiger partial charge in [0.25, 0.3) is 0 Å². The molecule has 5 N–H and O–H groups in total. The second-order valence-electron chi connectivity index (χ2n) is 4.83. The average molecular weight is 293 g/mol. The Balaban J connectivity index is 2.14. The number of nitrogens with one attached hydrogen (secondary N) is 1. The van der Waals surface area contributed by atoms with Gasteiger partial charge in [-0.3, -0.25) is 4.79 Å². The Morgan fingerprint density at radius 1 is 1.23 bits per heavy atom. The van der Waals surface area contributed by atoms with Crippen molar-refractivity contribution in [3.05, 3.63) is 54.0 Å². The normalized spacial score (nSPS) is 10.6. The van der Waals surface area contributed by atoms with Crippen molar-refractivity contribution in [3.63, 3.8) is 0 Å². The smallest absolute Gasteiger partial charge is 0.150 e. The van der Waals surface area contributed by atoms with Gasteiger partial charge in [-0.25, -0.2) is 9.97 Å². The van der Waals surface area contributed by atoms with Crippen molar-refractivity contribution in [2.24, 2.45) is 5.73 Å². The molecule has 110 valence electrons. The number of nitrogens with zero attached hydrogens (tertiary/aromatic N) is 2. The van der Waals surface area contributed by atoms with Crippen LogP contribution in [0.25, 0.3) is 22.5 Å². The largest absolute Gasteiger partial charge is 0.383 e. The van der Waals surface area contributed by atoms with E-state index >= 15 is 0 Å². The minimum absolute atomic E-state index is 0.289. The van der Waals surface area contributed by atoms with Crippen LogP contribution in [-0.2, 0) is 6.54 Å². The van der Waals surface area contributed by atoms with E-state index in [-0.39, 0.29) is 6.54 Å². The van der Waals surface area contributed by atoms with E-state index < -0.39 is 0 Å². The Bertz CT molecular complexity index is 794. The summed E-state index contributed by atoms with van der Waals surface area (Å²) in [5.41, 5.74) is 16.5. The monoisotopic (exact) mass is 293 g/mol. The van der Waals surface area contributed by atoms with E-state index in [2.05, 4.69) is 15.0 Å². The SMILES string of the molecule is NCc1c(-c2cnc[nH]2)cc(-c2ccc(C=O)cc2)nc1N. The van der Waals surface area contributed by atoms with Gasteiger partial charge in [0, 0.05) is 28.8 Å². The fourth-order valence-corrected chi connectivity index (χ4v) is 2.33. The summed E-state index contributed by atoms with van der Waals surface area (Å²) < 4.78 is 0. The molecule has 22 heavy (non-hydrogen) atoms. The highest BCUT2D eigenvalue weighted by Crippen LogP contribution is 2.30. The van der Waals surface area contributed by atoms with Crippen LogP contribution in [0.3, 0.4) is 0 Å². The number of rotatable bonds is 4. The van der Waals surface area contributed by atoms with Crippen LogP contribution in [0.5, 0.6) is 0 Å². The predicted octanol–water partition coefficient (Wildman–Crippen LogP) is 1.99. The first-order valence-corrected chi connectivity index (χ1v) is 6.76. The Kier molecular flexibility index (Phi) is 3.67. The quantitative estimate of drug-likeness (QED) is 0.637. The zero-order valence-electron chi connectivity index (χ0n) is 11.8. The summed E-state index contributed by atoms with van der Waals surface area (Å²) in [6.07, 6.45) is 4.12. The van der Waals surface area contributed by atoms with Gasteiger partial charge in [-0.05, 0) is 6.07 Å². The molecule has 3 aromatic rings. The molecule has 0 bridgehead atoms. The average Bonchev–Trinajstić information content (AvgIpc) is 3.08. The number of aldehydes is 1. The van der Waals surface area contributed by atoms with Crippen molar-refractivity contribution < 1.29 is 4.79 Å². The number of nitrogens with two attached hydrogens (primary N) is 2. The van der Waals surface area contributed by atoms with Gasteiger partial charge in [-0.15, -0.1) is 0 Å². The van der Waals surface area contributed by atoms with Crippen LogP contribution in [0.15, 0.2) is 42.9 Å². The Morgan fingerprint density at radius 2 is 2.00 bits per heavy atom. The number of carbonyl (C=O) groups excluding carboxylic acids is 1. The minimum atomic E-state index is 0.289. The van der Waals surface area contributed by atoms with Crippen LogP contribution in [0, 0.1) is 0 Å². The first kappa shape index (κ1) is 14.0. The van der Waals surface area contributed by atoms with Crippen molar-refractivity contribution in [3.8, 4) is 22.5 Å². The molecule has 0 radical (unpaired) electrons. The maximum atomic E-state index is 10.7. The van der Waals surface area contributed by atoms with Crippen molar-refractivity contribution in [1.82, 2.24) is 15.0 Å². The number of aromatic nitrogens is 3. The molecule has 0 saturated heterocycles. The second kappa shape index (κ2) is 5.79. The number of nitrogen functional groups attached to an aromatic ring is 1. The van der Waals surface area contributed by atoms with Crippen LogP contribution < -0.4 is 11.5 Å². The molecule has 0 saturated carbocycles. The lowest BCUT2D eigenvalue weighted by Gasteiger charge is -2.12. The van der Waals surface area contributed by atoms with Crippen LogP contribution >= 0.6 is 0 Å². The van der Waals surface area contributed by atoms with Gasteiger partial charge < -0.3 is 16.5 Å². The molecular formula is C16H15N5O. The highest BCUT2D eigenvalue weighted by atomic mass is 16.1. The van der Waals surface area contributed by atoms with Crippen LogP contribution in [0.1, 0.15) is 15.9 Å². The molecule has 0 unspecified atom stereocenters. The molecule has 1 aromatic carbocycles. The lowest BCUT2D eigenvalue weighted by molar-refractivity contribution is 0.112. The van der Waals surface area contributed by atoms with E-state index in [1.165, 1.54) is 0 Å². The van der Waals surface area contributed by atoms with Crippen molar-refractivity contribution >= 4 is 12.1 Å². The molecule has 6 heteroatoms. The molecule has 0 aliphatic rings. The fraction of sp³-hybridized carbons (Fsp3) is 0.0625. The zero-order chi connectivity index (χ0) is 15.5. The number of hydrogen-bond donors (Lipinski definition) is 3. The summed E-state index contributed by atoms with van der Waals surface area (Å²) in [7, 11) is 0. The molecule has 0 aliphatic heterocycles. The fourth-order valence-electron chi connectivity index (χ4n) is 2.33. The van der Waals surface area contributed by atoms with Gasteiger partial charge in [0.15, 0.2) is 0 Å². The van der Waals surface area contributed by atoms with E-state index in [0.717, 1.165) is 34.4 Å². The van der Waals surface area contributed by atoms with Crippen LogP contribution in [0.4, 0.5) is 5.82 Å². The van der Waals surface area contributed by atoms with E-state index in [0.29, 0.717) is 11.4 Å². The standard InChI is InChI=1S/C16H15N5O/c17-6-13-12(15-7-19-9-20-15)5-14(21-16(13)18)11-3-1-10(8-22)2-4-11/h1-5,7-9H,6,17H2,(H2,18,21)(H,19,20). The van der Waals surface area contributed by atoms with Crippen LogP contribution in [-0.4, -0.2) is 21.2 Å². The molecule has 0 amide bonds. The topological polar surface area (TPSA) is 111 Å². The highest BCUT2D eigenvalue weighted by Gasteiger charge is 2.13. The minimum Gasteiger partial charge on any atom is -0.383 e. The van der Waals surface area contributed by atoms with Crippen LogP contribution in [0.2, 0.25) is 0 Å². The molecule has 0 aliphatic carbocycles. The lowest BCUT2D eigenvalue weighted by atomic mass is 10.0. The summed E-state index contributed by atoms with van der Waals surface area (Å²) in [6.45, 7) is 0.289. The molecule has 6 nitrogen and oxygen atoms in total. The summed E-state index contributed by atoms with van der Waals surface area (Å²) in [5.74, 6) is 0.393. The van der Waals surface area contributed by atoms with E-state index in [1.807, 2.05) is 18.2 Å². The second-order valence-corrected chi connectivity index (χ2v) is 4.83. The van der Waals surface area contributed by atoms with Crippen molar-refractivity contribution in [1.29, 1.82) is 0 Å². The maximum Gasteiger partial charge on any atom is 0.150 e. The Labute approximate surface area is 127 Å². The van der Waals surface area contributed by atoms with E-state index in [1.54, 1.807) is 24.7 Å². The summed E-state index contributed by atoms with van der Waals surface area (Å²) in [5, 5.41) is 0. The molecule has 2 aromatic heterocycles.